The molecule has 8 nitrogen and oxygen atoms in total. The molecule has 0 aliphatic carbocycles. The van der Waals surface area contributed by atoms with E-state index in [1.165, 1.54) is 31.2 Å². The molecule has 1 aliphatic heterocycles. The molecule has 2 unspecified atom stereocenters. The Morgan fingerprint density at radius 1 is 1.24 bits per heavy atom. The van der Waals surface area contributed by atoms with Crippen LogP contribution < -0.4 is 4.72 Å². The van der Waals surface area contributed by atoms with Crippen molar-refractivity contribution in [1.82, 2.24) is 0 Å². The van der Waals surface area contributed by atoms with E-state index in [1.54, 1.807) is 0 Å². The monoisotopic (exact) mass is 389 g/mol. The summed E-state index contributed by atoms with van der Waals surface area (Å²) in [4.78, 5) is 24.3. The lowest BCUT2D eigenvalue weighted by Gasteiger charge is -2.15. The molecule has 1 fully saturated rings. The number of ketones is 1. The van der Waals surface area contributed by atoms with Crippen molar-refractivity contribution in [2.24, 2.45) is 5.92 Å². The fourth-order valence-electron chi connectivity index (χ4n) is 2.46. The molecular weight excluding hydrogens is 370 g/mol. The molecule has 1 N–H and O–H groups in total. The quantitative estimate of drug-likeness (QED) is 0.558. The number of hydrogen-bond donors (Lipinski definition) is 1. The number of hydrogen-bond acceptors (Lipinski definition) is 7. The molecule has 2 rings (SSSR count). The van der Waals surface area contributed by atoms with Gasteiger partial charge in [0.25, 0.3) is 0 Å². The van der Waals surface area contributed by atoms with E-state index in [2.05, 4.69) is 4.72 Å². The third kappa shape index (κ3) is 5.53. The van der Waals surface area contributed by atoms with Crippen molar-refractivity contribution in [2.75, 3.05) is 22.5 Å². The number of Topliss-reactive ketones (excluding diaryl/α,β-unsaturated/α-hetero) is 1. The van der Waals surface area contributed by atoms with Crippen molar-refractivity contribution < 1.29 is 31.2 Å². The number of esters is 1. The van der Waals surface area contributed by atoms with Crippen molar-refractivity contribution in [3.8, 4) is 0 Å². The average molecular weight is 389 g/mol. The first kappa shape index (κ1) is 19.4. The van der Waals surface area contributed by atoms with Crippen LogP contribution in [-0.2, 0) is 29.4 Å². The van der Waals surface area contributed by atoms with Gasteiger partial charge in [0.05, 0.1) is 23.7 Å². The Bertz CT molecular complexity index is 873. The highest BCUT2D eigenvalue weighted by molar-refractivity contribution is 7.92. The first-order chi connectivity index (χ1) is 11.5. The largest absolute Gasteiger partial charge is 0.454 e. The van der Waals surface area contributed by atoms with Crippen LogP contribution in [0.25, 0.3) is 0 Å². The number of sulfonamides is 1. The van der Waals surface area contributed by atoms with Crippen LogP contribution in [0, 0.1) is 5.92 Å². The van der Waals surface area contributed by atoms with Crippen LogP contribution in [0.3, 0.4) is 0 Å². The van der Waals surface area contributed by atoms with Gasteiger partial charge in [0, 0.05) is 11.3 Å². The molecule has 0 bridgehead atoms. The van der Waals surface area contributed by atoms with Crippen LogP contribution in [0.1, 0.15) is 23.7 Å². The minimum absolute atomic E-state index is 0.0517. The molecule has 0 radical (unpaired) electrons. The number of anilines is 1. The summed E-state index contributed by atoms with van der Waals surface area (Å²) >= 11 is 0. The lowest BCUT2D eigenvalue weighted by atomic mass is 10.1. The maximum atomic E-state index is 12.3. The molecule has 138 valence electrons. The minimum Gasteiger partial charge on any atom is -0.454 e. The summed E-state index contributed by atoms with van der Waals surface area (Å²) < 4.78 is 52.4. The molecule has 0 amide bonds. The summed E-state index contributed by atoms with van der Waals surface area (Å²) in [6, 6.07) is 5.68. The third-order valence-corrected chi connectivity index (χ3v) is 6.08. The number of carbonyl (C=O) groups excluding carboxylic acids is 2. The molecule has 1 saturated heterocycles. The van der Waals surface area contributed by atoms with Gasteiger partial charge in [-0.15, -0.1) is 0 Å². The van der Waals surface area contributed by atoms with E-state index in [0.717, 1.165) is 6.26 Å². The average Bonchev–Trinajstić information content (AvgIpc) is 2.86. The summed E-state index contributed by atoms with van der Waals surface area (Å²) in [7, 11) is -6.63. The van der Waals surface area contributed by atoms with Crippen molar-refractivity contribution in [2.45, 2.75) is 19.4 Å². The van der Waals surface area contributed by atoms with Crippen molar-refractivity contribution in [1.29, 1.82) is 0 Å². The second-order valence-electron chi connectivity index (χ2n) is 5.99. The van der Waals surface area contributed by atoms with Crippen molar-refractivity contribution in [3.63, 3.8) is 0 Å². The number of rotatable bonds is 6. The molecule has 10 heteroatoms. The van der Waals surface area contributed by atoms with Gasteiger partial charge in [-0.1, -0.05) is 0 Å². The highest BCUT2D eigenvalue weighted by Crippen LogP contribution is 2.21. The van der Waals surface area contributed by atoms with Crippen LogP contribution >= 0.6 is 0 Å². The van der Waals surface area contributed by atoms with Crippen LogP contribution in [0.2, 0.25) is 0 Å². The van der Waals surface area contributed by atoms with Gasteiger partial charge in [-0.2, -0.15) is 0 Å². The lowest BCUT2D eigenvalue weighted by molar-refractivity contribution is -0.150. The molecule has 1 aromatic rings. The highest BCUT2D eigenvalue weighted by Gasteiger charge is 2.35. The smallest absolute Gasteiger partial charge is 0.310 e. The van der Waals surface area contributed by atoms with Crippen LogP contribution in [0.4, 0.5) is 5.69 Å². The first-order valence-corrected chi connectivity index (χ1v) is 11.2. The van der Waals surface area contributed by atoms with Gasteiger partial charge in [0.2, 0.25) is 15.8 Å². The Kier molecular flexibility index (Phi) is 5.52. The Morgan fingerprint density at radius 2 is 1.84 bits per heavy atom. The number of ether oxygens (including phenoxy) is 1. The normalized spacial score (nSPS) is 20.6. The van der Waals surface area contributed by atoms with E-state index in [0.29, 0.717) is 5.69 Å². The fourth-order valence-corrected chi connectivity index (χ4v) is 4.75. The van der Waals surface area contributed by atoms with E-state index in [4.69, 9.17) is 4.74 Å². The van der Waals surface area contributed by atoms with Gasteiger partial charge in [-0.05, 0) is 37.6 Å². The van der Waals surface area contributed by atoms with E-state index in [-0.39, 0.29) is 23.5 Å². The second-order valence-corrected chi connectivity index (χ2v) is 9.97. The molecule has 2 atom stereocenters. The predicted octanol–water partition coefficient (Wildman–Crippen LogP) is 0.607. The topological polar surface area (TPSA) is 124 Å². The maximum absolute atomic E-state index is 12.3. The number of benzene rings is 1. The lowest BCUT2D eigenvalue weighted by Crippen LogP contribution is -2.28. The van der Waals surface area contributed by atoms with Crippen LogP contribution in [-0.4, -0.2) is 52.5 Å². The third-order valence-electron chi connectivity index (χ3n) is 3.70. The van der Waals surface area contributed by atoms with E-state index < -0.39 is 43.6 Å². The number of sulfone groups is 1. The van der Waals surface area contributed by atoms with Gasteiger partial charge in [0.15, 0.2) is 15.9 Å². The van der Waals surface area contributed by atoms with Crippen LogP contribution in [0.5, 0.6) is 0 Å². The fraction of sp³-hybridized carbons (Fsp3) is 0.467. The highest BCUT2D eigenvalue weighted by atomic mass is 32.2. The minimum atomic E-state index is -3.41. The maximum Gasteiger partial charge on any atom is 0.310 e. The van der Waals surface area contributed by atoms with Crippen molar-refractivity contribution in [3.05, 3.63) is 29.8 Å². The Morgan fingerprint density at radius 3 is 2.32 bits per heavy atom. The molecule has 25 heavy (non-hydrogen) atoms. The summed E-state index contributed by atoms with van der Waals surface area (Å²) in [5, 5.41) is 0. The van der Waals surface area contributed by atoms with Gasteiger partial charge in [-0.3, -0.25) is 14.3 Å². The molecule has 0 saturated carbocycles. The summed E-state index contributed by atoms with van der Waals surface area (Å²) in [6.45, 7) is 1.41. The first-order valence-electron chi connectivity index (χ1n) is 7.50. The summed E-state index contributed by atoms with van der Waals surface area (Å²) in [6.07, 6.45) is 0.148. The van der Waals surface area contributed by atoms with Gasteiger partial charge >= 0.3 is 5.97 Å². The van der Waals surface area contributed by atoms with Crippen LogP contribution in [0.15, 0.2) is 24.3 Å². The van der Waals surface area contributed by atoms with Gasteiger partial charge in [0.1, 0.15) is 0 Å². The standard InChI is InChI=1S/C15H19NO7S2/c1-10(23-15(18)12-7-8-25(21,22)9-12)14(17)11-3-5-13(6-4-11)16-24(2,19)20/h3-6,10,12,16H,7-9H2,1-2H3. The Labute approximate surface area is 146 Å². The van der Waals surface area contributed by atoms with E-state index in [1.807, 2.05) is 0 Å². The molecule has 0 spiro atoms. The zero-order valence-electron chi connectivity index (χ0n) is 13.8. The SMILES string of the molecule is CC(OC(=O)C1CCS(=O)(=O)C1)C(=O)c1ccc(NS(C)(=O)=O)cc1. The molecule has 0 aromatic heterocycles. The number of nitrogens with one attached hydrogen (secondary N) is 1. The van der Waals surface area contributed by atoms with E-state index >= 15 is 0 Å². The summed E-state index contributed by atoms with van der Waals surface area (Å²) in [5.74, 6) is -2.19. The zero-order chi connectivity index (χ0) is 18.8. The predicted molar refractivity (Wildman–Crippen MR) is 91.6 cm³/mol. The zero-order valence-corrected chi connectivity index (χ0v) is 15.4. The summed E-state index contributed by atoms with van der Waals surface area (Å²) in [5.41, 5.74) is 0.554. The van der Waals surface area contributed by atoms with Crippen molar-refractivity contribution >= 4 is 37.3 Å². The second kappa shape index (κ2) is 7.12. The molecule has 1 aromatic carbocycles. The molecule has 1 heterocycles. The van der Waals surface area contributed by atoms with E-state index in [9.17, 15) is 26.4 Å². The molecule has 1 aliphatic rings. The van der Waals surface area contributed by atoms with Gasteiger partial charge < -0.3 is 4.74 Å². The number of carbonyl (C=O) groups is 2. The molecular formula is C15H19NO7S2. The Hall–Kier alpha value is -1.94. The van der Waals surface area contributed by atoms with Gasteiger partial charge in [-0.25, -0.2) is 16.8 Å². The Balaban J connectivity index is 1.99.